The van der Waals surface area contributed by atoms with Crippen LogP contribution in [0.25, 0.3) is 0 Å². The van der Waals surface area contributed by atoms with E-state index in [1.807, 2.05) is 13.0 Å². The first-order valence-corrected chi connectivity index (χ1v) is 10.9. The number of hydrogen-bond donors (Lipinski definition) is 1. The minimum Gasteiger partial charge on any atom is -0.497 e. The molecular weight excluding hydrogens is 396 g/mol. The number of aryl methyl sites for hydroxylation is 1. The molecule has 0 fully saturated rings. The second-order valence-electron chi connectivity index (χ2n) is 6.76. The van der Waals surface area contributed by atoms with Crippen molar-refractivity contribution in [3.05, 3.63) is 42.0 Å². The highest BCUT2D eigenvalue weighted by atomic mass is 32.2. The number of carbonyl (C=O) groups excluding carboxylic acids is 1. The van der Waals surface area contributed by atoms with E-state index in [1.165, 1.54) is 18.5 Å². The number of rotatable bonds is 5. The molecule has 0 saturated heterocycles. The van der Waals surface area contributed by atoms with Crippen LogP contribution in [0.1, 0.15) is 12.0 Å². The van der Waals surface area contributed by atoms with Crippen LogP contribution in [0.4, 0.5) is 11.4 Å². The molecule has 8 nitrogen and oxygen atoms in total. The molecule has 1 N–H and O–H groups in total. The molecule has 0 aromatic heterocycles. The number of benzene rings is 2. The number of anilines is 2. The summed E-state index contributed by atoms with van der Waals surface area (Å²) in [6.45, 7) is 1.99. The molecule has 1 heterocycles. The third-order valence-corrected chi connectivity index (χ3v) is 5.78. The number of amides is 1. The van der Waals surface area contributed by atoms with Gasteiger partial charge in [0.15, 0.2) is 6.10 Å². The van der Waals surface area contributed by atoms with E-state index in [9.17, 15) is 13.2 Å². The third kappa shape index (κ3) is 4.56. The van der Waals surface area contributed by atoms with E-state index in [4.69, 9.17) is 14.2 Å². The Morgan fingerprint density at radius 3 is 2.59 bits per heavy atom. The Balaban J connectivity index is 1.89. The largest absolute Gasteiger partial charge is 0.497 e. The fourth-order valence-corrected chi connectivity index (χ4v) is 4.08. The van der Waals surface area contributed by atoms with E-state index in [0.717, 1.165) is 11.8 Å². The van der Waals surface area contributed by atoms with Crippen LogP contribution < -0.4 is 23.8 Å². The molecule has 9 heteroatoms. The quantitative estimate of drug-likeness (QED) is 0.799. The average molecular weight is 420 g/mol. The highest BCUT2D eigenvalue weighted by Crippen LogP contribution is 2.36. The van der Waals surface area contributed by atoms with E-state index in [2.05, 4.69) is 5.32 Å². The fraction of sp³-hybridized carbons (Fsp3) is 0.350. The summed E-state index contributed by atoms with van der Waals surface area (Å²) in [4.78, 5) is 12.9. The van der Waals surface area contributed by atoms with E-state index < -0.39 is 22.0 Å². The number of nitrogens with one attached hydrogen (secondary N) is 1. The molecular formula is C20H24N2O6S. The van der Waals surface area contributed by atoms with Gasteiger partial charge in [0.05, 0.1) is 31.9 Å². The van der Waals surface area contributed by atoms with Crippen molar-refractivity contribution in [2.75, 3.05) is 36.6 Å². The van der Waals surface area contributed by atoms with Crippen LogP contribution in [0, 0.1) is 6.92 Å². The van der Waals surface area contributed by atoms with Crippen molar-refractivity contribution in [3.63, 3.8) is 0 Å². The Morgan fingerprint density at radius 2 is 1.93 bits per heavy atom. The van der Waals surface area contributed by atoms with Crippen molar-refractivity contribution in [2.45, 2.75) is 19.4 Å². The van der Waals surface area contributed by atoms with Gasteiger partial charge in [0.25, 0.3) is 5.91 Å². The lowest BCUT2D eigenvalue weighted by atomic mass is 10.2. The van der Waals surface area contributed by atoms with Crippen LogP contribution in [0.15, 0.2) is 36.4 Å². The molecule has 0 saturated carbocycles. The maximum atomic E-state index is 12.9. The Hall–Kier alpha value is -2.94. The SMILES string of the molecule is COc1ccc(OC)c(NC(=O)[C@@H]2CCN(S(C)(=O)=O)c3cc(C)ccc3O2)c1. The smallest absolute Gasteiger partial charge is 0.265 e. The zero-order chi connectivity index (χ0) is 21.2. The number of hydrogen-bond acceptors (Lipinski definition) is 6. The molecule has 0 unspecified atom stereocenters. The lowest BCUT2D eigenvalue weighted by molar-refractivity contribution is -0.122. The first kappa shape index (κ1) is 20.8. The molecule has 29 heavy (non-hydrogen) atoms. The van der Waals surface area contributed by atoms with Gasteiger partial charge < -0.3 is 19.5 Å². The van der Waals surface area contributed by atoms with Crippen molar-refractivity contribution < 1.29 is 27.4 Å². The van der Waals surface area contributed by atoms with Gasteiger partial charge in [0, 0.05) is 19.0 Å². The van der Waals surface area contributed by atoms with Crippen LogP contribution in [-0.4, -0.2) is 47.4 Å². The number of ether oxygens (including phenoxy) is 3. The topological polar surface area (TPSA) is 94.2 Å². The molecule has 2 aromatic carbocycles. The van der Waals surface area contributed by atoms with Crippen molar-refractivity contribution in [1.29, 1.82) is 0 Å². The molecule has 0 radical (unpaired) electrons. The summed E-state index contributed by atoms with van der Waals surface area (Å²) in [6, 6.07) is 10.3. The Morgan fingerprint density at radius 1 is 1.17 bits per heavy atom. The maximum Gasteiger partial charge on any atom is 0.265 e. The standard InChI is InChI=1S/C20H24N2O6S/c1-13-5-7-18-16(11-13)22(29(4,24)25)10-9-19(28-18)20(23)21-15-12-14(26-2)6-8-17(15)27-3/h5-8,11-12,19H,9-10H2,1-4H3,(H,21,23)/t19-/m0/s1. The first-order valence-electron chi connectivity index (χ1n) is 9.01. The van der Waals surface area contributed by atoms with Gasteiger partial charge in [-0.1, -0.05) is 6.07 Å². The van der Waals surface area contributed by atoms with E-state index in [-0.39, 0.29) is 13.0 Å². The predicted octanol–water partition coefficient (Wildman–Crippen LogP) is 2.57. The molecule has 0 spiro atoms. The highest BCUT2D eigenvalue weighted by molar-refractivity contribution is 7.92. The van der Waals surface area contributed by atoms with E-state index in [0.29, 0.717) is 28.6 Å². The van der Waals surface area contributed by atoms with E-state index in [1.54, 1.807) is 30.3 Å². The fourth-order valence-electron chi connectivity index (χ4n) is 3.14. The summed E-state index contributed by atoms with van der Waals surface area (Å²) in [5, 5.41) is 2.79. The number of sulfonamides is 1. The lowest BCUT2D eigenvalue weighted by Crippen LogP contribution is -2.36. The summed E-state index contributed by atoms with van der Waals surface area (Å²) in [5.74, 6) is 0.975. The van der Waals surface area contributed by atoms with Crippen LogP contribution in [0.5, 0.6) is 17.2 Å². The summed E-state index contributed by atoms with van der Waals surface area (Å²) in [6.07, 6.45) is 0.457. The van der Waals surface area contributed by atoms with Gasteiger partial charge in [-0.05, 0) is 36.8 Å². The van der Waals surface area contributed by atoms with Crippen LogP contribution in [-0.2, 0) is 14.8 Å². The molecule has 1 atom stereocenters. The molecule has 1 aliphatic rings. The third-order valence-electron chi connectivity index (χ3n) is 4.60. The number of methoxy groups -OCH3 is 2. The summed E-state index contributed by atoms with van der Waals surface area (Å²) in [7, 11) is -0.492. The highest BCUT2D eigenvalue weighted by Gasteiger charge is 2.31. The number of carbonyl (C=O) groups is 1. The lowest BCUT2D eigenvalue weighted by Gasteiger charge is -2.21. The maximum absolute atomic E-state index is 12.9. The molecule has 1 amide bonds. The van der Waals surface area contributed by atoms with Crippen molar-refractivity contribution in [1.82, 2.24) is 0 Å². The van der Waals surface area contributed by atoms with Gasteiger partial charge in [0.1, 0.15) is 17.2 Å². The number of nitrogens with zero attached hydrogens (tertiary/aromatic N) is 1. The first-order chi connectivity index (χ1) is 13.7. The molecule has 0 aliphatic carbocycles. The summed E-state index contributed by atoms with van der Waals surface area (Å²) >= 11 is 0. The van der Waals surface area contributed by atoms with Gasteiger partial charge in [0.2, 0.25) is 10.0 Å². The van der Waals surface area contributed by atoms with Gasteiger partial charge in [-0.25, -0.2) is 8.42 Å². The zero-order valence-electron chi connectivity index (χ0n) is 16.8. The molecule has 3 rings (SSSR count). The van der Waals surface area contributed by atoms with Gasteiger partial charge in [-0.2, -0.15) is 0 Å². The van der Waals surface area contributed by atoms with Crippen LogP contribution in [0.3, 0.4) is 0 Å². The predicted molar refractivity (Wildman–Crippen MR) is 111 cm³/mol. The van der Waals surface area contributed by atoms with Crippen LogP contribution >= 0.6 is 0 Å². The second kappa shape index (κ2) is 8.20. The van der Waals surface area contributed by atoms with Crippen molar-refractivity contribution >= 4 is 27.3 Å². The molecule has 156 valence electrons. The Kier molecular flexibility index (Phi) is 5.88. The van der Waals surface area contributed by atoms with Crippen LogP contribution in [0.2, 0.25) is 0 Å². The second-order valence-corrected chi connectivity index (χ2v) is 8.66. The Bertz CT molecular complexity index is 1020. The zero-order valence-corrected chi connectivity index (χ0v) is 17.6. The average Bonchev–Trinajstić information content (AvgIpc) is 2.87. The summed E-state index contributed by atoms with van der Waals surface area (Å²) < 4.78 is 42.2. The molecule has 2 aromatic rings. The molecule has 1 aliphatic heterocycles. The number of fused-ring (bicyclic) bond motifs is 1. The van der Waals surface area contributed by atoms with Gasteiger partial charge >= 0.3 is 0 Å². The van der Waals surface area contributed by atoms with Gasteiger partial charge in [-0.3, -0.25) is 9.10 Å². The Labute approximate surface area is 170 Å². The van der Waals surface area contributed by atoms with Crippen molar-refractivity contribution in [3.8, 4) is 17.2 Å². The minimum absolute atomic E-state index is 0.128. The minimum atomic E-state index is -3.52. The summed E-state index contributed by atoms with van der Waals surface area (Å²) in [5.41, 5.74) is 1.76. The normalized spacial score (nSPS) is 16.3. The van der Waals surface area contributed by atoms with Gasteiger partial charge in [-0.15, -0.1) is 0 Å². The van der Waals surface area contributed by atoms with Crippen molar-refractivity contribution in [2.24, 2.45) is 0 Å². The monoisotopic (exact) mass is 420 g/mol. The molecule has 0 bridgehead atoms. The van der Waals surface area contributed by atoms with E-state index >= 15 is 0 Å².